The molecule has 0 radical (unpaired) electrons. The van der Waals surface area contributed by atoms with Crippen molar-refractivity contribution in [2.24, 2.45) is 11.7 Å². The summed E-state index contributed by atoms with van der Waals surface area (Å²) in [5.41, 5.74) is 5.51. The third kappa shape index (κ3) is 27.3. The molecular weight excluding hydrogens is 624 g/mol. The van der Waals surface area contributed by atoms with Crippen LogP contribution in [0.25, 0.3) is 0 Å². The van der Waals surface area contributed by atoms with Crippen LogP contribution in [-0.4, -0.2) is 130 Å². The minimum atomic E-state index is -1.19. The number of carbonyl (C=O) groups excluding carboxylic acids is 5. The molecule has 1 unspecified atom stereocenters. The maximum Gasteiger partial charge on any atom is 0.326 e. The molecule has 0 spiro atoms. The molecule has 270 valence electrons. The Kier molecular flexibility index (Phi) is 26.5. The quantitative estimate of drug-likeness (QED) is 0.0376. The number of nitrogens with one attached hydrogen (secondary N) is 3. The van der Waals surface area contributed by atoms with Crippen molar-refractivity contribution in [1.82, 2.24) is 16.0 Å². The molecular formula is C30H52N4O13. The molecule has 7 N–H and O–H groups in total. The van der Waals surface area contributed by atoms with Crippen molar-refractivity contribution in [3.63, 3.8) is 0 Å². The van der Waals surface area contributed by atoms with Gasteiger partial charge >= 0.3 is 11.9 Å². The van der Waals surface area contributed by atoms with Gasteiger partial charge in [-0.05, 0) is 38.6 Å². The molecule has 0 aliphatic rings. The lowest BCUT2D eigenvalue weighted by molar-refractivity contribution is -0.142. The van der Waals surface area contributed by atoms with Crippen molar-refractivity contribution >= 4 is 41.2 Å². The van der Waals surface area contributed by atoms with Gasteiger partial charge in [0.05, 0.1) is 33.0 Å². The molecule has 0 bridgehead atoms. The first kappa shape index (κ1) is 43.5. The summed E-state index contributed by atoms with van der Waals surface area (Å²) in [6.45, 7) is 3.28. The maximum absolute atomic E-state index is 11.9. The van der Waals surface area contributed by atoms with Gasteiger partial charge in [-0.3, -0.25) is 28.8 Å². The van der Waals surface area contributed by atoms with E-state index in [1.807, 2.05) is 0 Å². The summed E-state index contributed by atoms with van der Waals surface area (Å²) < 4.78 is 21.2. The van der Waals surface area contributed by atoms with Crippen LogP contribution in [-0.2, 0) is 52.5 Å². The summed E-state index contributed by atoms with van der Waals surface area (Å²) in [5.74, 6) is -4.26. The molecule has 0 aromatic rings. The summed E-state index contributed by atoms with van der Waals surface area (Å²) in [6.07, 6.45) is 2.49. The van der Waals surface area contributed by atoms with E-state index in [0.29, 0.717) is 51.8 Å². The van der Waals surface area contributed by atoms with Gasteiger partial charge in [0.2, 0.25) is 17.7 Å². The lowest BCUT2D eigenvalue weighted by Crippen LogP contribution is -2.39. The summed E-state index contributed by atoms with van der Waals surface area (Å²) in [6, 6.07) is -1.09. The van der Waals surface area contributed by atoms with Crippen LogP contribution < -0.4 is 21.7 Å². The van der Waals surface area contributed by atoms with Crippen molar-refractivity contribution in [1.29, 1.82) is 0 Å². The van der Waals surface area contributed by atoms with Crippen LogP contribution in [0.5, 0.6) is 0 Å². The van der Waals surface area contributed by atoms with E-state index in [1.165, 1.54) is 6.92 Å². The SMILES string of the molecule is CC(=O)NC(CCC(=O)CCCOCCOCC(=O)NCCOCCOCC(=O)NCCCC[C@H](CCN)C(=O)CC(=O)O)C(=O)O. The van der Waals surface area contributed by atoms with Gasteiger partial charge in [-0.1, -0.05) is 6.42 Å². The van der Waals surface area contributed by atoms with Crippen LogP contribution >= 0.6 is 0 Å². The number of carboxylic acid groups (broad SMARTS) is 2. The number of hydrogen-bond acceptors (Lipinski definition) is 12. The molecule has 17 nitrogen and oxygen atoms in total. The van der Waals surface area contributed by atoms with Crippen LogP contribution in [0.3, 0.4) is 0 Å². The predicted molar refractivity (Wildman–Crippen MR) is 166 cm³/mol. The maximum atomic E-state index is 11.9. The van der Waals surface area contributed by atoms with Crippen LogP contribution in [0.15, 0.2) is 0 Å². The van der Waals surface area contributed by atoms with E-state index < -0.39 is 30.3 Å². The van der Waals surface area contributed by atoms with Gasteiger partial charge in [0.1, 0.15) is 37.2 Å². The zero-order chi connectivity index (χ0) is 35.3. The van der Waals surface area contributed by atoms with Crippen molar-refractivity contribution in [3.05, 3.63) is 0 Å². The molecule has 0 saturated heterocycles. The van der Waals surface area contributed by atoms with Gasteiger partial charge < -0.3 is 50.8 Å². The highest BCUT2D eigenvalue weighted by Crippen LogP contribution is 2.15. The fourth-order valence-electron chi connectivity index (χ4n) is 4.14. The lowest BCUT2D eigenvalue weighted by atomic mass is 9.92. The van der Waals surface area contributed by atoms with Gasteiger partial charge in [0, 0.05) is 45.4 Å². The highest BCUT2D eigenvalue weighted by Gasteiger charge is 2.20. The van der Waals surface area contributed by atoms with E-state index in [0.717, 1.165) is 0 Å². The molecule has 0 heterocycles. The fourth-order valence-corrected chi connectivity index (χ4v) is 4.14. The van der Waals surface area contributed by atoms with Gasteiger partial charge in [-0.2, -0.15) is 0 Å². The number of ether oxygens (including phenoxy) is 4. The molecule has 0 fully saturated rings. The topological polar surface area (TPSA) is 259 Å². The standard InChI is InChI=1S/C30H52N4O13/c1-22(35)34-25(30(42)43)8-7-24(36)6-4-13-44-15-17-46-21-28(39)33-12-14-45-16-18-47-20-27(38)32-11-3-2-5-23(9-10-31)26(37)19-29(40)41/h23,25H,2-21,31H2,1H3,(H,32,38)(H,33,39)(H,34,35)(H,40,41)(H,42,43)/t23-,25?/m1/s1. The van der Waals surface area contributed by atoms with Crippen molar-refractivity contribution < 1.29 is 62.7 Å². The second-order valence-electron chi connectivity index (χ2n) is 10.6. The number of Topliss-reactive ketones (excluding diaryl/α,β-unsaturated/α-hetero) is 2. The van der Waals surface area contributed by atoms with Crippen molar-refractivity contribution in [2.75, 3.05) is 72.5 Å². The molecule has 0 aromatic heterocycles. The average molecular weight is 677 g/mol. The average Bonchev–Trinajstić information content (AvgIpc) is 3.00. The monoisotopic (exact) mass is 676 g/mol. The minimum Gasteiger partial charge on any atom is -0.481 e. The Bertz CT molecular complexity index is 964. The van der Waals surface area contributed by atoms with E-state index in [9.17, 15) is 33.6 Å². The first-order valence-corrected chi connectivity index (χ1v) is 15.8. The second-order valence-corrected chi connectivity index (χ2v) is 10.6. The number of carbonyl (C=O) groups is 7. The number of hydrogen-bond donors (Lipinski definition) is 6. The first-order chi connectivity index (χ1) is 22.5. The molecule has 0 saturated carbocycles. The fraction of sp³-hybridized carbons (Fsp3) is 0.767. The van der Waals surface area contributed by atoms with E-state index >= 15 is 0 Å². The van der Waals surface area contributed by atoms with E-state index in [2.05, 4.69) is 16.0 Å². The normalized spacial score (nSPS) is 12.1. The van der Waals surface area contributed by atoms with Gasteiger partial charge in [0.15, 0.2) is 0 Å². The minimum absolute atomic E-state index is 0.0269. The van der Waals surface area contributed by atoms with Gasteiger partial charge in [-0.25, -0.2) is 4.79 Å². The van der Waals surface area contributed by atoms with Gasteiger partial charge in [-0.15, -0.1) is 0 Å². The lowest BCUT2D eigenvalue weighted by Gasteiger charge is -2.14. The Hall–Kier alpha value is -3.51. The Morgan fingerprint density at radius 2 is 1.28 bits per heavy atom. The van der Waals surface area contributed by atoms with Crippen LogP contribution in [0.1, 0.15) is 64.7 Å². The Balaban J connectivity index is 3.62. The number of rotatable bonds is 32. The van der Waals surface area contributed by atoms with Crippen molar-refractivity contribution in [3.8, 4) is 0 Å². The number of carboxylic acids is 2. The Morgan fingerprint density at radius 1 is 0.681 bits per heavy atom. The van der Waals surface area contributed by atoms with Gasteiger partial charge in [0.25, 0.3) is 0 Å². The second kappa shape index (κ2) is 28.7. The molecule has 0 aromatic carbocycles. The van der Waals surface area contributed by atoms with E-state index in [1.54, 1.807) is 0 Å². The largest absolute Gasteiger partial charge is 0.481 e. The van der Waals surface area contributed by atoms with E-state index in [-0.39, 0.29) is 101 Å². The zero-order valence-electron chi connectivity index (χ0n) is 27.3. The third-order valence-electron chi connectivity index (χ3n) is 6.51. The third-order valence-corrected chi connectivity index (χ3v) is 6.51. The smallest absolute Gasteiger partial charge is 0.326 e. The summed E-state index contributed by atoms with van der Waals surface area (Å²) >= 11 is 0. The Labute approximate surface area is 274 Å². The number of unbranched alkanes of at least 4 members (excludes halogenated alkanes) is 1. The number of aliphatic carboxylic acids is 2. The zero-order valence-corrected chi connectivity index (χ0v) is 27.3. The number of ketones is 2. The molecule has 0 rings (SSSR count). The molecule has 0 aliphatic carbocycles. The van der Waals surface area contributed by atoms with Crippen LogP contribution in [0.2, 0.25) is 0 Å². The molecule has 17 heteroatoms. The van der Waals surface area contributed by atoms with Crippen LogP contribution in [0, 0.1) is 5.92 Å². The summed E-state index contributed by atoms with van der Waals surface area (Å²) in [4.78, 5) is 80.3. The number of nitrogens with two attached hydrogens (primary N) is 1. The summed E-state index contributed by atoms with van der Waals surface area (Å²) in [7, 11) is 0. The molecule has 3 amide bonds. The molecule has 0 aliphatic heterocycles. The first-order valence-electron chi connectivity index (χ1n) is 15.8. The highest BCUT2D eigenvalue weighted by molar-refractivity contribution is 5.96. The highest BCUT2D eigenvalue weighted by atomic mass is 16.5. The van der Waals surface area contributed by atoms with Crippen molar-refractivity contribution in [2.45, 2.75) is 70.8 Å². The summed E-state index contributed by atoms with van der Waals surface area (Å²) in [5, 5.41) is 25.4. The van der Waals surface area contributed by atoms with Crippen LogP contribution in [0.4, 0.5) is 0 Å². The molecule has 47 heavy (non-hydrogen) atoms. The molecule has 2 atom stereocenters. The Morgan fingerprint density at radius 3 is 1.85 bits per heavy atom. The predicted octanol–water partition coefficient (Wildman–Crippen LogP) is -0.817. The van der Waals surface area contributed by atoms with E-state index in [4.69, 9.17) is 34.9 Å². The number of amides is 3.